The normalized spacial score (nSPS) is 16.3. The van der Waals surface area contributed by atoms with Gasteiger partial charge in [0.15, 0.2) is 11.5 Å². The van der Waals surface area contributed by atoms with Crippen molar-refractivity contribution >= 4 is 28.6 Å². The number of benzene rings is 3. The van der Waals surface area contributed by atoms with E-state index in [9.17, 15) is 4.79 Å². The molecule has 8 heteroatoms. The van der Waals surface area contributed by atoms with E-state index in [0.29, 0.717) is 54.3 Å². The van der Waals surface area contributed by atoms with Gasteiger partial charge in [0.2, 0.25) is 5.95 Å². The standard InChI is InChI=1S/C28H26N4O4/c1-3-34-22-11-7-5-9-20(22)30-27(33)25-17(2)29-28-31-19-8-4-6-10-21(19)32(28)26(25)18-12-13-23-24(16-18)36-15-14-35-23/h4-13,16,26H,3,14-15H2,1-2H3,(H,29,31)(H,30,33). The predicted molar refractivity (Wildman–Crippen MR) is 138 cm³/mol. The van der Waals surface area contributed by atoms with Gasteiger partial charge < -0.3 is 24.8 Å². The zero-order chi connectivity index (χ0) is 24.6. The highest BCUT2D eigenvalue weighted by Gasteiger charge is 2.35. The van der Waals surface area contributed by atoms with Crippen LogP contribution >= 0.6 is 0 Å². The van der Waals surface area contributed by atoms with E-state index >= 15 is 0 Å². The number of hydrogen-bond donors (Lipinski definition) is 2. The number of nitrogens with zero attached hydrogens (tertiary/aromatic N) is 2. The quantitative estimate of drug-likeness (QED) is 0.410. The lowest BCUT2D eigenvalue weighted by Gasteiger charge is -2.31. The fraction of sp³-hybridized carbons (Fsp3) is 0.214. The van der Waals surface area contributed by atoms with E-state index in [0.717, 1.165) is 22.3 Å². The summed E-state index contributed by atoms with van der Waals surface area (Å²) >= 11 is 0. The summed E-state index contributed by atoms with van der Waals surface area (Å²) in [4.78, 5) is 18.7. The van der Waals surface area contributed by atoms with Crippen molar-refractivity contribution in [3.05, 3.63) is 83.6 Å². The van der Waals surface area contributed by atoms with Crippen LogP contribution in [0.1, 0.15) is 25.5 Å². The molecule has 0 spiro atoms. The number of hydrogen-bond acceptors (Lipinski definition) is 6. The number of carbonyl (C=O) groups excluding carboxylic acids is 1. The first kappa shape index (κ1) is 22.0. The smallest absolute Gasteiger partial charge is 0.255 e. The van der Waals surface area contributed by atoms with E-state index in [1.807, 2.05) is 80.6 Å². The molecule has 1 atom stereocenters. The van der Waals surface area contributed by atoms with Crippen LogP contribution in [0.15, 0.2) is 78.0 Å². The molecule has 1 unspecified atom stereocenters. The molecule has 36 heavy (non-hydrogen) atoms. The number of imidazole rings is 1. The molecule has 2 aliphatic heterocycles. The zero-order valence-corrected chi connectivity index (χ0v) is 20.1. The minimum absolute atomic E-state index is 0.226. The van der Waals surface area contributed by atoms with Gasteiger partial charge in [0.25, 0.3) is 5.91 Å². The van der Waals surface area contributed by atoms with Crippen molar-refractivity contribution in [2.45, 2.75) is 19.9 Å². The Balaban J connectivity index is 1.49. The number of aromatic nitrogens is 2. The average Bonchev–Trinajstić information content (AvgIpc) is 3.26. The number of nitrogens with one attached hydrogen (secondary N) is 2. The molecule has 0 saturated carbocycles. The topological polar surface area (TPSA) is 86.6 Å². The van der Waals surface area contributed by atoms with Crippen molar-refractivity contribution in [2.24, 2.45) is 0 Å². The molecule has 182 valence electrons. The Kier molecular flexibility index (Phi) is 5.48. The number of ether oxygens (including phenoxy) is 3. The number of allylic oxidation sites excluding steroid dienone is 1. The van der Waals surface area contributed by atoms with Crippen molar-refractivity contribution < 1.29 is 19.0 Å². The second-order valence-electron chi connectivity index (χ2n) is 8.65. The van der Waals surface area contributed by atoms with Gasteiger partial charge in [-0.15, -0.1) is 0 Å². The van der Waals surface area contributed by atoms with E-state index in [1.165, 1.54) is 0 Å². The first-order valence-electron chi connectivity index (χ1n) is 12.0. The molecule has 3 aromatic carbocycles. The Bertz CT molecular complexity index is 1510. The fourth-order valence-electron chi connectivity index (χ4n) is 4.84. The molecule has 0 saturated heterocycles. The van der Waals surface area contributed by atoms with Crippen LogP contribution in [0.25, 0.3) is 11.0 Å². The lowest BCUT2D eigenvalue weighted by atomic mass is 9.93. The molecule has 6 rings (SSSR count). The summed E-state index contributed by atoms with van der Waals surface area (Å²) in [6, 6.07) is 20.8. The van der Waals surface area contributed by atoms with Crippen LogP contribution in [-0.4, -0.2) is 35.3 Å². The van der Waals surface area contributed by atoms with Crippen LogP contribution in [0, 0.1) is 0 Å². The Morgan fingerprint density at radius 2 is 1.86 bits per heavy atom. The van der Waals surface area contributed by atoms with Crippen LogP contribution in [0.4, 0.5) is 11.6 Å². The van der Waals surface area contributed by atoms with Gasteiger partial charge in [0, 0.05) is 5.70 Å². The van der Waals surface area contributed by atoms with E-state index in [4.69, 9.17) is 19.2 Å². The van der Waals surface area contributed by atoms with Gasteiger partial charge in [-0.05, 0) is 55.8 Å². The maximum Gasteiger partial charge on any atom is 0.255 e. The first-order chi connectivity index (χ1) is 17.6. The number of carbonyl (C=O) groups is 1. The predicted octanol–water partition coefficient (Wildman–Crippen LogP) is 5.13. The van der Waals surface area contributed by atoms with E-state index in [-0.39, 0.29) is 5.91 Å². The van der Waals surface area contributed by atoms with Gasteiger partial charge in [-0.2, -0.15) is 0 Å². The molecular formula is C28H26N4O4. The van der Waals surface area contributed by atoms with Crippen molar-refractivity contribution in [2.75, 3.05) is 30.5 Å². The zero-order valence-electron chi connectivity index (χ0n) is 20.1. The highest BCUT2D eigenvalue weighted by molar-refractivity contribution is 6.07. The Morgan fingerprint density at radius 1 is 1.08 bits per heavy atom. The molecule has 2 aliphatic rings. The molecule has 8 nitrogen and oxygen atoms in total. The number of anilines is 2. The molecule has 3 heterocycles. The molecule has 0 bridgehead atoms. The Hall–Kier alpha value is -4.46. The summed E-state index contributed by atoms with van der Waals surface area (Å²) in [6.45, 7) is 5.32. The lowest BCUT2D eigenvalue weighted by Crippen LogP contribution is -2.31. The molecule has 1 aromatic heterocycles. The maximum absolute atomic E-state index is 13.9. The molecule has 0 aliphatic carbocycles. The number of fused-ring (bicyclic) bond motifs is 4. The van der Waals surface area contributed by atoms with Crippen LogP contribution in [-0.2, 0) is 4.79 Å². The third-order valence-corrected chi connectivity index (χ3v) is 6.39. The Labute approximate surface area is 208 Å². The fourth-order valence-corrected chi connectivity index (χ4v) is 4.84. The summed E-state index contributed by atoms with van der Waals surface area (Å²) in [6.07, 6.45) is 0. The van der Waals surface area contributed by atoms with Gasteiger partial charge in [0.05, 0.1) is 34.9 Å². The summed E-state index contributed by atoms with van der Waals surface area (Å²) in [5.74, 6) is 2.45. The van der Waals surface area contributed by atoms with E-state index in [1.54, 1.807) is 0 Å². The molecule has 2 N–H and O–H groups in total. The summed E-state index contributed by atoms with van der Waals surface area (Å²) in [7, 11) is 0. The van der Waals surface area contributed by atoms with Crippen LogP contribution in [0.3, 0.4) is 0 Å². The molecule has 0 radical (unpaired) electrons. The number of rotatable bonds is 5. The highest BCUT2D eigenvalue weighted by Crippen LogP contribution is 2.42. The second-order valence-corrected chi connectivity index (χ2v) is 8.65. The van der Waals surface area contributed by atoms with Crippen molar-refractivity contribution in [3.63, 3.8) is 0 Å². The van der Waals surface area contributed by atoms with E-state index in [2.05, 4.69) is 15.2 Å². The van der Waals surface area contributed by atoms with Crippen molar-refractivity contribution in [1.29, 1.82) is 0 Å². The lowest BCUT2D eigenvalue weighted by molar-refractivity contribution is -0.113. The monoisotopic (exact) mass is 482 g/mol. The number of amides is 1. The van der Waals surface area contributed by atoms with Crippen molar-refractivity contribution in [1.82, 2.24) is 9.55 Å². The van der Waals surface area contributed by atoms with Crippen LogP contribution < -0.4 is 24.8 Å². The highest BCUT2D eigenvalue weighted by atomic mass is 16.6. The van der Waals surface area contributed by atoms with Crippen LogP contribution in [0.5, 0.6) is 17.2 Å². The summed E-state index contributed by atoms with van der Waals surface area (Å²) < 4.78 is 19.4. The maximum atomic E-state index is 13.9. The van der Waals surface area contributed by atoms with Gasteiger partial charge >= 0.3 is 0 Å². The molecule has 1 amide bonds. The Morgan fingerprint density at radius 3 is 2.72 bits per heavy atom. The van der Waals surface area contributed by atoms with E-state index < -0.39 is 6.04 Å². The summed E-state index contributed by atoms with van der Waals surface area (Å²) in [5, 5.41) is 6.43. The van der Waals surface area contributed by atoms with Crippen molar-refractivity contribution in [3.8, 4) is 17.2 Å². The van der Waals surface area contributed by atoms with Gasteiger partial charge in [-0.3, -0.25) is 9.36 Å². The SMILES string of the molecule is CCOc1ccccc1NC(=O)C1=C(C)Nc2nc3ccccc3n2C1c1ccc2c(c1)OCCO2. The number of para-hydroxylation sites is 4. The second kappa shape index (κ2) is 8.96. The van der Waals surface area contributed by atoms with Gasteiger partial charge in [-0.1, -0.05) is 30.3 Å². The first-order valence-corrected chi connectivity index (χ1v) is 12.0. The molecular weight excluding hydrogens is 456 g/mol. The molecule has 0 fully saturated rings. The van der Waals surface area contributed by atoms with Crippen LogP contribution in [0.2, 0.25) is 0 Å². The largest absolute Gasteiger partial charge is 0.492 e. The minimum atomic E-state index is -0.441. The average molecular weight is 483 g/mol. The van der Waals surface area contributed by atoms with Gasteiger partial charge in [0.1, 0.15) is 19.0 Å². The third-order valence-electron chi connectivity index (χ3n) is 6.39. The van der Waals surface area contributed by atoms with Gasteiger partial charge in [-0.25, -0.2) is 4.98 Å². The molecule has 4 aromatic rings. The third kappa shape index (κ3) is 3.71. The summed E-state index contributed by atoms with van der Waals surface area (Å²) in [5.41, 5.74) is 4.59. The minimum Gasteiger partial charge on any atom is -0.492 e.